The fourth-order valence-corrected chi connectivity index (χ4v) is 3.32. The molecule has 0 aliphatic carbocycles. The molecule has 2 aromatic rings. The van der Waals surface area contributed by atoms with Crippen LogP contribution in [0.25, 0.3) is 11.3 Å². The number of amides is 2. The summed E-state index contributed by atoms with van der Waals surface area (Å²) in [6.07, 6.45) is -2.57. The van der Waals surface area contributed by atoms with Crippen LogP contribution in [-0.2, 0) is 11.0 Å². The third-order valence-corrected chi connectivity index (χ3v) is 4.94. The first kappa shape index (κ1) is 21.0. The zero-order valence-corrected chi connectivity index (χ0v) is 16.3. The molecular weight excluding hydrogens is 385 g/mol. The lowest BCUT2D eigenvalue weighted by molar-refractivity contribution is -0.137. The molecule has 2 amide bonds. The number of carbonyl (C=O) groups excluding carboxylic acids is 2. The molecule has 1 atom stereocenters. The molecular formula is C21H23F3N2O3. The van der Waals surface area contributed by atoms with E-state index in [0.717, 1.165) is 25.0 Å². The maximum atomic E-state index is 12.9. The highest BCUT2D eigenvalue weighted by Gasteiger charge is 2.32. The molecule has 156 valence electrons. The van der Waals surface area contributed by atoms with Gasteiger partial charge in [-0.2, -0.15) is 13.2 Å². The van der Waals surface area contributed by atoms with Gasteiger partial charge in [-0.15, -0.1) is 0 Å². The highest BCUT2D eigenvalue weighted by Crippen LogP contribution is 2.32. The van der Waals surface area contributed by atoms with Crippen molar-refractivity contribution in [1.29, 1.82) is 0 Å². The predicted octanol–water partition coefficient (Wildman–Crippen LogP) is 4.34. The molecule has 29 heavy (non-hydrogen) atoms. The number of hydrogen-bond acceptors (Lipinski definition) is 3. The second-order valence-electron chi connectivity index (χ2n) is 7.47. The number of hydrogen-bond donors (Lipinski definition) is 1. The lowest BCUT2D eigenvalue weighted by Gasteiger charge is -2.26. The summed E-state index contributed by atoms with van der Waals surface area (Å²) in [7, 11) is 0. The Kier molecular flexibility index (Phi) is 6.00. The number of furan rings is 1. The third-order valence-electron chi connectivity index (χ3n) is 4.94. The normalized spacial score (nSPS) is 15.6. The molecule has 8 heteroatoms. The molecule has 0 bridgehead atoms. The van der Waals surface area contributed by atoms with Crippen LogP contribution in [0.15, 0.2) is 40.8 Å². The van der Waals surface area contributed by atoms with Gasteiger partial charge in [0.1, 0.15) is 11.8 Å². The molecule has 2 heterocycles. The molecule has 1 aromatic heterocycles. The maximum absolute atomic E-state index is 12.9. The van der Waals surface area contributed by atoms with E-state index in [2.05, 4.69) is 5.32 Å². The predicted molar refractivity (Wildman–Crippen MR) is 101 cm³/mol. The number of rotatable bonds is 5. The van der Waals surface area contributed by atoms with Gasteiger partial charge in [-0.05, 0) is 43.0 Å². The van der Waals surface area contributed by atoms with Gasteiger partial charge in [0.25, 0.3) is 5.91 Å². The van der Waals surface area contributed by atoms with Crippen molar-refractivity contribution in [3.63, 3.8) is 0 Å². The summed E-state index contributed by atoms with van der Waals surface area (Å²) in [6.45, 7) is 5.04. The minimum Gasteiger partial charge on any atom is -0.451 e. The van der Waals surface area contributed by atoms with E-state index in [1.54, 1.807) is 4.90 Å². The SMILES string of the molecule is CC(C)[C@H](NC(=O)c1ccc(-c2cccc(C(F)(F)F)c2)o1)C(=O)N1CCCC1. The molecule has 1 aliphatic rings. The van der Waals surface area contributed by atoms with Crippen molar-refractivity contribution in [2.45, 2.75) is 38.9 Å². The van der Waals surface area contributed by atoms with Crippen LogP contribution in [0.4, 0.5) is 13.2 Å². The van der Waals surface area contributed by atoms with Gasteiger partial charge in [-0.1, -0.05) is 26.0 Å². The summed E-state index contributed by atoms with van der Waals surface area (Å²) in [5, 5.41) is 2.71. The average molecular weight is 408 g/mol. The van der Waals surface area contributed by atoms with E-state index in [4.69, 9.17) is 4.42 Å². The Morgan fingerprint density at radius 2 is 1.79 bits per heavy atom. The molecule has 1 aromatic carbocycles. The van der Waals surface area contributed by atoms with Gasteiger partial charge in [0.05, 0.1) is 5.56 Å². The average Bonchev–Trinajstić information content (AvgIpc) is 3.36. The van der Waals surface area contributed by atoms with E-state index in [0.29, 0.717) is 13.1 Å². The largest absolute Gasteiger partial charge is 0.451 e. The van der Waals surface area contributed by atoms with Gasteiger partial charge in [0.2, 0.25) is 5.91 Å². The van der Waals surface area contributed by atoms with Crippen molar-refractivity contribution in [2.75, 3.05) is 13.1 Å². The molecule has 1 fully saturated rings. The van der Waals surface area contributed by atoms with Crippen LogP contribution < -0.4 is 5.32 Å². The lowest BCUT2D eigenvalue weighted by atomic mass is 10.0. The van der Waals surface area contributed by atoms with Crippen molar-refractivity contribution in [3.05, 3.63) is 47.7 Å². The van der Waals surface area contributed by atoms with Gasteiger partial charge in [0, 0.05) is 18.7 Å². The number of halogens is 3. The molecule has 0 unspecified atom stereocenters. The number of likely N-dealkylation sites (tertiary alicyclic amines) is 1. The first-order valence-corrected chi connectivity index (χ1v) is 9.54. The van der Waals surface area contributed by atoms with Crippen LogP contribution in [-0.4, -0.2) is 35.8 Å². The standard InChI is InChI=1S/C21H23F3N2O3/c1-13(2)18(20(28)26-10-3-4-11-26)25-19(27)17-9-8-16(29-17)14-6-5-7-15(12-14)21(22,23)24/h5-9,12-13,18H,3-4,10-11H2,1-2H3,(H,25,27)/t18-/m0/s1. The van der Waals surface area contributed by atoms with Crippen molar-refractivity contribution in [1.82, 2.24) is 10.2 Å². The first-order valence-electron chi connectivity index (χ1n) is 9.54. The number of nitrogens with zero attached hydrogens (tertiary/aromatic N) is 1. The third kappa shape index (κ3) is 4.81. The second kappa shape index (κ2) is 8.31. The number of benzene rings is 1. The van der Waals surface area contributed by atoms with Crippen LogP contribution in [0.3, 0.4) is 0 Å². The van der Waals surface area contributed by atoms with Gasteiger partial charge < -0.3 is 14.6 Å². The monoisotopic (exact) mass is 408 g/mol. The van der Waals surface area contributed by atoms with E-state index in [-0.39, 0.29) is 28.9 Å². The van der Waals surface area contributed by atoms with Crippen LogP contribution >= 0.6 is 0 Å². The van der Waals surface area contributed by atoms with Gasteiger partial charge in [0.15, 0.2) is 5.76 Å². The second-order valence-corrected chi connectivity index (χ2v) is 7.47. The Bertz CT molecular complexity index is 883. The molecule has 1 N–H and O–H groups in total. The summed E-state index contributed by atoms with van der Waals surface area (Å²) in [5.41, 5.74) is -0.582. The fourth-order valence-electron chi connectivity index (χ4n) is 3.32. The number of carbonyl (C=O) groups is 2. The molecule has 3 rings (SSSR count). The zero-order chi connectivity index (χ0) is 21.2. The fraction of sp³-hybridized carbons (Fsp3) is 0.429. The minimum absolute atomic E-state index is 0.0581. The van der Waals surface area contributed by atoms with Crippen LogP contribution in [0.2, 0.25) is 0 Å². The summed E-state index contributed by atoms with van der Waals surface area (Å²) in [5.74, 6) is -0.736. The van der Waals surface area contributed by atoms with Gasteiger partial charge >= 0.3 is 6.18 Å². The van der Waals surface area contributed by atoms with E-state index in [1.807, 2.05) is 13.8 Å². The number of alkyl halides is 3. The van der Waals surface area contributed by atoms with E-state index in [1.165, 1.54) is 24.3 Å². The lowest BCUT2D eigenvalue weighted by Crippen LogP contribution is -2.50. The minimum atomic E-state index is -4.47. The molecule has 0 spiro atoms. The highest BCUT2D eigenvalue weighted by molar-refractivity contribution is 5.96. The van der Waals surface area contributed by atoms with E-state index in [9.17, 15) is 22.8 Å². The molecule has 1 saturated heterocycles. The Labute approximate surface area is 166 Å². The Balaban J connectivity index is 1.75. The van der Waals surface area contributed by atoms with Crippen LogP contribution in [0.1, 0.15) is 42.8 Å². The van der Waals surface area contributed by atoms with Crippen molar-refractivity contribution in [3.8, 4) is 11.3 Å². The van der Waals surface area contributed by atoms with Crippen LogP contribution in [0.5, 0.6) is 0 Å². The topological polar surface area (TPSA) is 62.6 Å². The quantitative estimate of drug-likeness (QED) is 0.801. The zero-order valence-electron chi connectivity index (χ0n) is 16.3. The van der Waals surface area contributed by atoms with Crippen molar-refractivity contribution in [2.24, 2.45) is 5.92 Å². The summed E-state index contributed by atoms with van der Waals surface area (Å²) < 4.78 is 44.2. The Morgan fingerprint density at radius 3 is 2.41 bits per heavy atom. The summed E-state index contributed by atoms with van der Waals surface area (Å²) >= 11 is 0. The molecule has 1 aliphatic heterocycles. The van der Waals surface area contributed by atoms with E-state index < -0.39 is 23.7 Å². The first-order chi connectivity index (χ1) is 13.7. The van der Waals surface area contributed by atoms with E-state index >= 15 is 0 Å². The van der Waals surface area contributed by atoms with Crippen molar-refractivity contribution < 1.29 is 27.2 Å². The Hall–Kier alpha value is -2.77. The molecule has 5 nitrogen and oxygen atoms in total. The highest BCUT2D eigenvalue weighted by atomic mass is 19.4. The van der Waals surface area contributed by atoms with Crippen molar-refractivity contribution >= 4 is 11.8 Å². The summed E-state index contributed by atoms with van der Waals surface area (Å²) in [4.78, 5) is 27.0. The number of nitrogens with one attached hydrogen (secondary N) is 1. The smallest absolute Gasteiger partial charge is 0.416 e. The molecule has 0 radical (unpaired) electrons. The Morgan fingerprint density at radius 1 is 1.10 bits per heavy atom. The molecule has 0 saturated carbocycles. The van der Waals surface area contributed by atoms with Crippen LogP contribution in [0, 0.1) is 5.92 Å². The maximum Gasteiger partial charge on any atom is 0.416 e. The van der Waals surface area contributed by atoms with Gasteiger partial charge in [-0.3, -0.25) is 9.59 Å². The van der Waals surface area contributed by atoms with Gasteiger partial charge in [-0.25, -0.2) is 0 Å². The summed E-state index contributed by atoms with van der Waals surface area (Å²) in [6, 6.07) is 6.83.